The van der Waals surface area contributed by atoms with E-state index in [1.165, 1.54) is 6.42 Å². The summed E-state index contributed by atoms with van der Waals surface area (Å²) in [4.78, 5) is 16.5. The van der Waals surface area contributed by atoms with E-state index in [4.69, 9.17) is 0 Å². The van der Waals surface area contributed by atoms with Crippen LogP contribution in [0.25, 0.3) is 0 Å². The van der Waals surface area contributed by atoms with Crippen LogP contribution in [0.1, 0.15) is 32.0 Å². The lowest BCUT2D eigenvalue weighted by atomic mass is 9.94. The topological polar surface area (TPSA) is 64.7 Å². The first-order chi connectivity index (χ1) is 11.3. The summed E-state index contributed by atoms with van der Waals surface area (Å²) in [5, 5.41) is 7.32. The fraction of sp³-hybridized carbons (Fsp3) is 0.471. The third-order valence-corrected chi connectivity index (χ3v) is 4.22. The van der Waals surface area contributed by atoms with Crippen molar-refractivity contribution in [3.63, 3.8) is 0 Å². The molecule has 1 atom stereocenters. The molecule has 0 saturated heterocycles. The quantitative estimate of drug-likeness (QED) is 0.834. The Hall–Kier alpha value is -2.37. The number of aromatic nitrogens is 4. The normalized spacial score (nSPS) is 17.3. The van der Waals surface area contributed by atoms with E-state index in [9.17, 15) is 4.79 Å². The molecule has 0 spiro atoms. The molecule has 2 aromatic rings. The maximum atomic E-state index is 12.3. The van der Waals surface area contributed by atoms with Gasteiger partial charge in [-0.25, -0.2) is 9.67 Å². The zero-order valence-electron chi connectivity index (χ0n) is 13.5. The predicted molar refractivity (Wildman–Crippen MR) is 88.9 cm³/mol. The third-order valence-electron chi connectivity index (χ3n) is 4.22. The van der Waals surface area contributed by atoms with Crippen molar-refractivity contribution >= 4 is 11.7 Å². The van der Waals surface area contributed by atoms with Crippen molar-refractivity contribution in [2.45, 2.75) is 45.7 Å². The molecule has 6 nitrogen and oxygen atoms in total. The maximum absolute atomic E-state index is 12.3. The van der Waals surface area contributed by atoms with Gasteiger partial charge < -0.3 is 9.88 Å². The molecule has 2 heterocycles. The number of rotatable bonds is 6. The second kappa shape index (κ2) is 7.26. The van der Waals surface area contributed by atoms with Crippen molar-refractivity contribution in [1.29, 1.82) is 0 Å². The lowest BCUT2D eigenvalue weighted by molar-refractivity contribution is -0.116. The third kappa shape index (κ3) is 3.88. The first-order valence-electron chi connectivity index (χ1n) is 8.23. The molecule has 1 amide bonds. The van der Waals surface area contributed by atoms with E-state index >= 15 is 0 Å². The molecule has 0 saturated carbocycles. The van der Waals surface area contributed by atoms with E-state index in [0.717, 1.165) is 37.4 Å². The van der Waals surface area contributed by atoms with Crippen LogP contribution >= 0.6 is 0 Å². The standard InChI is InChI=1S/C17H23N5O/c1-2-15-18-10-11-21(15)13-17(23)20-16-8-9-19-22(16)12-14-6-4-3-5-7-14/h3-4,8-11,14H,2,5-7,12-13H2,1H3,(H,20,23). The highest BCUT2D eigenvalue weighted by Gasteiger charge is 2.14. The highest BCUT2D eigenvalue weighted by molar-refractivity contribution is 5.89. The summed E-state index contributed by atoms with van der Waals surface area (Å²) in [5.74, 6) is 2.23. The summed E-state index contributed by atoms with van der Waals surface area (Å²) < 4.78 is 3.78. The van der Waals surface area contributed by atoms with Gasteiger partial charge in [-0.2, -0.15) is 5.10 Å². The number of nitrogens with one attached hydrogen (secondary N) is 1. The van der Waals surface area contributed by atoms with Gasteiger partial charge in [-0.05, 0) is 25.2 Å². The molecule has 0 aromatic carbocycles. The lowest BCUT2D eigenvalue weighted by Gasteiger charge is -2.19. The van der Waals surface area contributed by atoms with Gasteiger partial charge in [-0.1, -0.05) is 19.1 Å². The molecule has 0 radical (unpaired) electrons. The van der Waals surface area contributed by atoms with Crippen LogP contribution in [0.15, 0.2) is 36.8 Å². The van der Waals surface area contributed by atoms with Crippen molar-refractivity contribution in [1.82, 2.24) is 19.3 Å². The Morgan fingerprint density at radius 3 is 3.09 bits per heavy atom. The summed E-state index contributed by atoms with van der Waals surface area (Å²) in [7, 11) is 0. The molecule has 122 valence electrons. The predicted octanol–water partition coefficient (Wildman–Crippen LogP) is 2.64. The molecular formula is C17H23N5O. The van der Waals surface area contributed by atoms with Gasteiger partial charge in [0.25, 0.3) is 0 Å². The van der Waals surface area contributed by atoms with Gasteiger partial charge in [0.05, 0.1) is 6.20 Å². The first-order valence-corrected chi connectivity index (χ1v) is 8.23. The van der Waals surface area contributed by atoms with Crippen LogP contribution in [-0.2, 0) is 24.3 Å². The Morgan fingerprint density at radius 1 is 1.39 bits per heavy atom. The molecule has 1 aliphatic carbocycles. The minimum absolute atomic E-state index is 0.0528. The Labute approximate surface area is 136 Å². The van der Waals surface area contributed by atoms with Crippen LogP contribution in [0.5, 0.6) is 0 Å². The number of hydrogen-bond acceptors (Lipinski definition) is 3. The fourth-order valence-corrected chi connectivity index (χ4v) is 2.99. The summed E-state index contributed by atoms with van der Waals surface area (Å²) >= 11 is 0. The number of amides is 1. The largest absolute Gasteiger partial charge is 0.326 e. The number of imidazole rings is 1. The molecule has 1 aliphatic rings. The second-order valence-electron chi connectivity index (χ2n) is 5.92. The van der Waals surface area contributed by atoms with Crippen LogP contribution < -0.4 is 5.32 Å². The number of anilines is 1. The molecule has 0 aliphatic heterocycles. The number of carbonyl (C=O) groups is 1. The SMILES string of the molecule is CCc1nccn1CC(=O)Nc1ccnn1CC1CC=CCC1. The first kappa shape index (κ1) is 15.5. The molecule has 23 heavy (non-hydrogen) atoms. The molecule has 1 N–H and O–H groups in total. The summed E-state index contributed by atoms with van der Waals surface area (Å²) in [5.41, 5.74) is 0. The van der Waals surface area contributed by atoms with Gasteiger partial charge in [-0.3, -0.25) is 4.79 Å². The number of hydrogen-bond donors (Lipinski definition) is 1. The number of carbonyl (C=O) groups excluding carboxylic acids is 1. The molecular weight excluding hydrogens is 290 g/mol. The second-order valence-corrected chi connectivity index (χ2v) is 5.92. The van der Waals surface area contributed by atoms with Crippen LogP contribution in [-0.4, -0.2) is 25.2 Å². The smallest absolute Gasteiger partial charge is 0.245 e. The van der Waals surface area contributed by atoms with Gasteiger partial charge in [0, 0.05) is 31.4 Å². The van der Waals surface area contributed by atoms with Gasteiger partial charge >= 0.3 is 0 Å². The average Bonchev–Trinajstić information content (AvgIpc) is 3.18. The maximum Gasteiger partial charge on any atom is 0.245 e. The molecule has 2 aromatic heterocycles. The van der Waals surface area contributed by atoms with Gasteiger partial charge in [-0.15, -0.1) is 0 Å². The van der Waals surface area contributed by atoms with E-state index in [0.29, 0.717) is 5.92 Å². The fourth-order valence-electron chi connectivity index (χ4n) is 2.99. The summed E-state index contributed by atoms with van der Waals surface area (Å²) in [6, 6.07) is 1.85. The van der Waals surface area contributed by atoms with E-state index in [1.807, 2.05) is 28.4 Å². The monoisotopic (exact) mass is 313 g/mol. The van der Waals surface area contributed by atoms with E-state index < -0.39 is 0 Å². The van der Waals surface area contributed by atoms with E-state index in [2.05, 4.69) is 27.6 Å². The highest BCUT2D eigenvalue weighted by atomic mass is 16.2. The number of nitrogens with zero attached hydrogens (tertiary/aromatic N) is 4. The van der Waals surface area contributed by atoms with Crippen molar-refractivity contribution < 1.29 is 4.79 Å². The van der Waals surface area contributed by atoms with Crippen LogP contribution in [0.2, 0.25) is 0 Å². The van der Waals surface area contributed by atoms with E-state index in [1.54, 1.807) is 12.4 Å². The van der Waals surface area contributed by atoms with Crippen molar-refractivity contribution in [3.05, 3.63) is 42.6 Å². The number of aryl methyl sites for hydroxylation is 1. The minimum atomic E-state index is -0.0528. The summed E-state index contributed by atoms with van der Waals surface area (Å²) in [6.07, 6.45) is 14.0. The molecule has 3 rings (SSSR count). The number of allylic oxidation sites excluding steroid dienone is 2. The Morgan fingerprint density at radius 2 is 2.30 bits per heavy atom. The average molecular weight is 313 g/mol. The van der Waals surface area contributed by atoms with Crippen LogP contribution in [0, 0.1) is 5.92 Å². The molecule has 6 heteroatoms. The molecule has 1 unspecified atom stereocenters. The Bertz CT molecular complexity index is 685. The van der Waals surface area contributed by atoms with Gasteiger partial charge in [0.1, 0.15) is 18.2 Å². The van der Waals surface area contributed by atoms with Gasteiger partial charge in [0.15, 0.2) is 0 Å². The lowest BCUT2D eigenvalue weighted by Crippen LogP contribution is -2.23. The molecule has 0 fully saturated rings. The van der Waals surface area contributed by atoms with Gasteiger partial charge in [0.2, 0.25) is 5.91 Å². The Balaban J connectivity index is 1.60. The van der Waals surface area contributed by atoms with Crippen LogP contribution in [0.4, 0.5) is 5.82 Å². The zero-order valence-corrected chi connectivity index (χ0v) is 13.5. The molecule has 0 bridgehead atoms. The zero-order chi connectivity index (χ0) is 16.1. The van der Waals surface area contributed by atoms with Crippen LogP contribution in [0.3, 0.4) is 0 Å². The minimum Gasteiger partial charge on any atom is -0.326 e. The summed E-state index contributed by atoms with van der Waals surface area (Å²) in [6.45, 7) is 3.16. The van der Waals surface area contributed by atoms with Crippen molar-refractivity contribution in [2.24, 2.45) is 5.92 Å². The van der Waals surface area contributed by atoms with Crippen molar-refractivity contribution in [3.8, 4) is 0 Å². The Kier molecular flexibility index (Phi) is 4.90. The van der Waals surface area contributed by atoms with Crippen molar-refractivity contribution in [2.75, 3.05) is 5.32 Å². The van der Waals surface area contributed by atoms with E-state index in [-0.39, 0.29) is 12.5 Å². The highest BCUT2D eigenvalue weighted by Crippen LogP contribution is 2.21.